The van der Waals surface area contributed by atoms with Gasteiger partial charge >= 0.3 is 0 Å². The summed E-state index contributed by atoms with van der Waals surface area (Å²) in [6.07, 6.45) is 11.9. The Morgan fingerprint density at radius 3 is 2.56 bits per heavy atom. The number of benzene rings is 2. The van der Waals surface area contributed by atoms with Gasteiger partial charge in [-0.25, -0.2) is 18.1 Å². The third kappa shape index (κ3) is 8.34. The van der Waals surface area contributed by atoms with Crippen LogP contribution >= 0.6 is 0 Å². The Bertz CT molecular complexity index is 2470. The number of allylic oxidation sites excluding steroid dienone is 1. The van der Waals surface area contributed by atoms with Gasteiger partial charge in [-0.1, -0.05) is 25.0 Å². The van der Waals surface area contributed by atoms with E-state index in [9.17, 15) is 23.3 Å². The van der Waals surface area contributed by atoms with Gasteiger partial charge in [0.15, 0.2) is 0 Å². The van der Waals surface area contributed by atoms with Gasteiger partial charge in [0.1, 0.15) is 22.8 Å². The highest BCUT2D eigenvalue weighted by Crippen LogP contribution is 2.74. The summed E-state index contributed by atoms with van der Waals surface area (Å²) >= 11 is 0. The van der Waals surface area contributed by atoms with Gasteiger partial charge in [0.2, 0.25) is 0 Å². The predicted molar refractivity (Wildman–Crippen MR) is 232 cm³/mol. The van der Waals surface area contributed by atoms with E-state index in [1.807, 2.05) is 13.2 Å². The minimum absolute atomic E-state index is 0.0204. The van der Waals surface area contributed by atoms with E-state index < -0.39 is 31.4 Å². The third-order valence-corrected chi connectivity index (χ3v) is 15.2. The molecule has 3 saturated carbocycles. The molecule has 5 fully saturated rings. The van der Waals surface area contributed by atoms with Crippen LogP contribution in [0.1, 0.15) is 75.6 Å². The zero-order valence-corrected chi connectivity index (χ0v) is 35.9. The van der Waals surface area contributed by atoms with Crippen molar-refractivity contribution in [2.75, 3.05) is 69.8 Å². The van der Waals surface area contributed by atoms with Crippen LogP contribution in [0, 0.1) is 26.9 Å². The van der Waals surface area contributed by atoms with Crippen LogP contribution in [-0.2, 0) is 19.5 Å². The van der Waals surface area contributed by atoms with Crippen molar-refractivity contribution in [3.05, 3.63) is 87.7 Å². The summed E-state index contributed by atoms with van der Waals surface area (Å²) < 4.78 is 47.1. The molecule has 61 heavy (non-hydrogen) atoms. The van der Waals surface area contributed by atoms with Crippen molar-refractivity contribution < 1.29 is 32.3 Å². The summed E-state index contributed by atoms with van der Waals surface area (Å²) in [6, 6.07) is 12.4. The molecule has 3 N–H and O–H groups in total. The molecule has 2 bridgehead atoms. The number of nitrogens with zero attached hydrogens (tertiary/aromatic N) is 4. The number of amides is 1. The van der Waals surface area contributed by atoms with E-state index in [0.717, 1.165) is 88.4 Å². The summed E-state index contributed by atoms with van der Waals surface area (Å²) in [6.45, 7) is 10.8. The van der Waals surface area contributed by atoms with E-state index in [1.165, 1.54) is 31.2 Å². The lowest BCUT2D eigenvalue weighted by molar-refractivity contribution is -0.384. The number of fused-ring (bicyclic) bond motifs is 1. The second-order valence-electron chi connectivity index (χ2n) is 18.6. The number of pyridine rings is 1. The number of H-pyrrole nitrogens is 1. The van der Waals surface area contributed by atoms with Crippen molar-refractivity contribution in [3.8, 4) is 11.5 Å². The molecule has 1 amide bonds. The van der Waals surface area contributed by atoms with Crippen LogP contribution in [0.5, 0.6) is 11.5 Å². The van der Waals surface area contributed by atoms with E-state index in [2.05, 4.69) is 43.7 Å². The average molecular weight is 854 g/mol. The molecule has 2 aromatic carbocycles. The molecule has 4 aromatic rings. The van der Waals surface area contributed by atoms with Crippen molar-refractivity contribution in [2.45, 2.75) is 75.7 Å². The number of ether oxygens (including phenoxy) is 3. The first-order valence-electron chi connectivity index (χ1n) is 21.4. The zero-order chi connectivity index (χ0) is 42.6. The highest BCUT2D eigenvalue weighted by molar-refractivity contribution is 7.90. The Morgan fingerprint density at radius 1 is 1.05 bits per heavy atom. The second kappa shape index (κ2) is 16.0. The lowest BCUT2D eigenvalue weighted by Crippen LogP contribution is -2.69. The summed E-state index contributed by atoms with van der Waals surface area (Å²) in [5.41, 5.74) is 5.37. The van der Waals surface area contributed by atoms with E-state index in [0.29, 0.717) is 42.0 Å². The number of carbonyl (C=O) groups excluding carboxylic acids is 1. The molecule has 2 aromatic heterocycles. The lowest BCUT2D eigenvalue weighted by Gasteiger charge is -2.71. The van der Waals surface area contributed by atoms with Gasteiger partial charge in [0.25, 0.3) is 21.6 Å². The normalized spacial score (nSPS) is 24.2. The minimum Gasteiger partial charge on any atom is -0.455 e. The van der Waals surface area contributed by atoms with Crippen LogP contribution in [0.4, 0.5) is 17.1 Å². The molecule has 324 valence electrons. The average Bonchev–Trinajstić information content (AvgIpc) is 3.69. The van der Waals surface area contributed by atoms with Crippen molar-refractivity contribution in [3.63, 3.8) is 0 Å². The molecule has 0 unspecified atom stereocenters. The van der Waals surface area contributed by atoms with Gasteiger partial charge in [0.05, 0.1) is 27.2 Å². The predicted octanol–water partition coefficient (Wildman–Crippen LogP) is 7.42. The minimum atomic E-state index is -4.54. The maximum absolute atomic E-state index is 13.9. The zero-order valence-electron chi connectivity index (χ0n) is 35.1. The first-order chi connectivity index (χ1) is 29.2. The number of methoxy groups -OCH3 is 1. The van der Waals surface area contributed by atoms with E-state index in [-0.39, 0.29) is 28.5 Å². The van der Waals surface area contributed by atoms with Crippen LogP contribution in [0.3, 0.4) is 0 Å². The Hall–Kier alpha value is -5.03. The van der Waals surface area contributed by atoms with Crippen molar-refractivity contribution in [1.29, 1.82) is 0 Å². The van der Waals surface area contributed by atoms with Crippen LogP contribution in [0.2, 0.25) is 0 Å². The Kier molecular flexibility index (Phi) is 10.9. The van der Waals surface area contributed by atoms with Gasteiger partial charge in [-0.15, -0.1) is 0 Å². The number of aromatic nitrogens is 2. The molecule has 16 heteroatoms. The van der Waals surface area contributed by atoms with E-state index >= 15 is 0 Å². The molecule has 0 radical (unpaired) electrons. The van der Waals surface area contributed by atoms with Crippen molar-refractivity contribution in [2.24, 2.45) is 16.7 Å². The Balaban J connectivity index is 0.919. The van der Waals surface area contributed by atoms with Gasteiger partial charge in [-0.05, 0) is 105 Å². The maximum atomic E-state index is 13.9. The van der Waals surface area contributed by atoms with Crippen LogP contribution in [0.25, 0.3) is 11.0 Å². The van der Waals surface area contributed by atoms with Gasteiger partial charge in [-0.3, -0.25) is 19.8 Å². The number of anilines is 2. The number of hydrogen-bond acceptors (Lipinski definition) is 12. The SMILES string of the molecule is COC12CC(C3=C(CN4CCN(c5ccc(C(=O)NS(=O)(=O)c6ccc(NCC7CCOCC7)c([N+](=O)[O-])c6)c(Oc6cnc7[nH]ccc7c6)c5)CC4)CCC(C)(C)C3)(C1)C2. The number of sulfonamides is 1. The quantitative estimate of drug-likeness (QED) is 0.0650. The first-order valence-corrected chi connectivity index (χ1v) is 22.9. The number of aromatic amines is 1. The Morgan fingerprint density at radius 2 is 1.82 bits per heavy atom. The van der Waals surface area contributed by atoms with Crippen LogP contribution in [0.15, 0.2) is 77.0 Å². The smallest absolute Gasteiger partial charge is 0.293 e. The standard InChI is InChI=1S/C45H55N7O8S/c1-43(2)12-8-32(37(23-43)44-27-45(28-44,29-44)58-3)26-50-14-16-51(17-15-50)33-4-6-36(40(21-33)60-34-20-31-9-13-46-41(31)48-25-34)42(53)49-61(56,57)35-5-7-38(39(22-35)52(54)55)47-24-30-10-18-59-19-11-30/h4-7,9,13,20-22,25,30,47H,8,10-12,14-19,23-24,26-29H2,1-3H3,(H,46,48)(H,49,53). The number of piperazine rings is 1. The highest BCUT2D eigenvalue weighted by atomic mass is 32.2. The fourth-order valence-corrected chi connectivity index (χ4v) is 11.2. The molecule has 2 aliphatic heterocycles. The number of nitro benzene ring substituents is 1. The number of nitrogens with one attached hydrogen (secondary N) is 3. The topological polar surface area (TPSA) is 181 Å². The largest absolute Gasteiger partial charge is 0.455 e. The molecule has 4 aliphatic carbocycles. The molecule has 2 saturated heterocycles. The number of nitro groups is 1. The van der Waals surface area contributed by atoms with E-state index in [1.54, 1.807) is 41.6 Å². The fraction of sp³-hybridized carbons (Fsp3) is 0.511. The highest BCUT2D eigenvalue weighted by Gasteiger charge is 2.70. The summed E-state index contributed by atoms with van der Waals surface area (Å²) in [4.78, 5) is 37.3. The Labute approximate surface area is 356 Å². The monoisotopic (exact) mass is 853 g/mol. The first kappa shape index (κ1) is 41.3. The molecular weight excluding hydrogens is 799 g/mol. The third-order valence-electron chi connectivity index (χ3n) is 13.8. The molecule has 15 nitrogen and oxygen atoms in total. The van der Waals surface area contributed by atoms with Gasteiger partial charge in [-0.2, -0.15) is 0 Å². The molecule has 0 atom stereocenters. The van der Waals surface area contributed by atoms with Crippen molar-refractivity contribution in [1.82, 2.24) is 19.6 Å². The molecule has 6 aliphatic rings. The number of carbonyl (C=O) groups is 1. The van der Waals surface area contributed by atoms with E-state index in [4.69, 9.17) is 14.2 Å². The molecule has 0 spiro atoms. The van der Waals surface area contributed by atoms with Gasteiger partial charge in [0, 0.05) is 89.0 Å². The van der Waals surface area contributed by atoms with Crippen molar-refractivity contribution >= 4 is 44.0 Å². The van der Waals surface area contributed by atoms with Gasteiger partial charge < -0.3 is 29.4 Å². The maximum Gasteiger partial charge on any atom is 0.293 e. The fourth-order valence-electron chi connectivity index (χ4n) is 10.2. The summed E-state index contributed by atoms with van der Waals surface area (Å²) in [5, 5.41) is 16.0. The summed E-state index contributed by atoms with van der Waals surface area (Å²) in [5.74, 6) is -0.145. The number of rotatable bonds is 14. The number of hydrogen-bond donors (Lipinski definition) is 3. The molecular formula is C45H55N7O8S. The van der Waals surface area contributed by atoms with Crippen LogP contribution in [-0.4, -0.2) is 99.3 Å². The lowest BCUT2D eigenvalue weighted by atomic mass is 9.37. The molecule has 10 rings (SSSR count). The van der Waals surface area contributed by atoms with Crippen LogP contribution < -0.4 is 19.7 Å². The second-order valence-corrected chi connectivity index (χ2v) is 20.2. The molecule has 4 heterocycles. The summed E-state index contributed by atoms with van der Waals surface area (Å²) in [7, 11) is -2.69.